The molecule has 0 aliphatic carbocycles. The molecule has 0 unspecified atom stereocenters. The summed E-state index contributed by atoms with van der Waals surface area (Å²) in [5.41, 5.74) is 4.28. The smallest absolute Gasteiger partial charge is 0.330 e. The average Bonchev–Trinajstić information content (AvgIpc) is 2.17. The zero-order chi connectivity index (χ0) is 11.5. The van der Waals surface area contributed by atoms with Gasteiger partial charge < -0.3 is 5.73 Å². The third-order valence-electron chi connectivity index (χ3n) is 1.75. The monoisotopic (exact) mass is 218 g/mol. The van der Waals surface area contributed by atoms with Crippen LogP contribution in [0, 0.1) is 0 Å². The topological polar surface area (TPSA) is 56.0 Å². The summed E-state index contributed by atoms with van der Waals surface area (Å²) < 4.78 is 36.4. The maximum atomic E-state index is 12.1. The summed E-state index contributed by atoms with van der Waals surface area (Å²) >= 11 is 0. The fraction of sp³-hybridized carbons (Fsp3) is 0.333. The molecule has 0 aromatic carbocycles. The minimum atomic E-state index is -4.43. The van der Waals surface area contributed by atoms with Crippen molar-refractivity contribution in [2.45, 2.75) is 12.6 Å². The number of carbonyl (C=O) groups is 1. The van der Waals surface area contributed by atoms with Crippen LogP contribution in [0.1, 0.15) is 22.5 Å². The third kappa shape index (κ3) is 3.02. The molecule has 0 aliphatic heterocycles. The van der Waals surface area contributed by atoms with E-state index in [4.69, 9.17) is 5.73 Å². The second-order valence-electron chi connectivity index (χ2n) is 2.89. The van der Waals surface area contributed by atoms with Crippen molar-refractivity contribution in [2.24, 2.45) is 5.73 Å². The summed E-state index contributed by atoms with van der Waals surface area (Å²) in [6.45, 7) is 0.154. The maximum absolute atomic E-state index is 12.1. The van der Waals surface area contributed by atoms with E-state index in [9.17, 15) is 18.0 Å². The SMILES string of the molecule is NCCC(=O)c1ccc(C(F)(F)F)cn1. The summed E-state index contributed by atoms with van der Waals surface area (Å²) in [6, 6.07) is 1.89. The molecular formula is C9H9F3N2O. The highest BCUT2D eigenvalue weighted by molar-refractivity contribution is 5.94. The highest BCUT2D eigenvalue weighted by Crippen LogP contribution is 2.28. The molecule has 82 valence electrons. The van der Waals surface area contributed by atoms with Crippen LogP contribution in [0.15, 0.2) is 18.3 Å². The predicted molar refractivity (Wildman–Crippen MR) is 47.2 cm³/mol. The summed E-state index contributed by atoms with van der Waals surface area (Å²) in [7, 11) is 0. The highest BCUT2D eigenvalue weighted by atomic mass is 19.4. The van der Waals surface area contributed by atoms with Crippen molar-refractivity contribution in [1.29, 1.82) is 0 Å². The van der Waals surface area contributed by atoms with Gasteiger partial charge in [0.05, 0.1) is 5.56 Å². The van der Waals surface area contributed by atoms with Gasteiger partial charge >= 0.3 is 6.18 Å². The van der Waals surface area contributed by atoms with E-state index in [1.165, 1.54) is 0 Å². The molecule has 6 heteroatoms. The minimum Gasteiger partial charge on any atom is -0.330 e. The van der Waals surface area contributed by atoms with Crippen molar-refractivity contribution in [3.63, 3.8) is 0 Å². The molecule has 2 N–H and O–H groups in total. The summed E-state index contributed by atoms with van der Waals surface area (Å²) in [4.78, 5) is 14.6. The molecule has 1 rings (SSSR count). The zero-order valence-corrected chi connectivity index (χ0v) is 7.71. The van der Waals surface area contributed by atoms with E-state index in [2.05, 4.69) is 4.98 Å². The predicted octanol–water partition coefficient (Wildman–Crippen LogP) is 1.63. The number of nitrogens with zero attached hydrogens (tertiary/aromatic N) is 1. The van der Waals surface area contributed by atoms with Crippen LogP contribution in [-0.4, -0.2) is 17.3 Å². The highest BCUT2D eigenvalue weighted by Gasteiger charge is 2.30. The van der Waals surface area contributed by atoms with Crippen LogP contribution in [0.5, 0.6) is 0 Å². The molecule has 0 amide bonds. The number of aromatic nitrogens is 1. The number of hydrogen-bond acceptors (Lipinski definition) is 3. The first-order valence-electron chi connectivity index (χ1n) is 4.21. The molecule has 0 atom stereocenters. The van der Waals surface area contributed by atoms with Crippen molar-refractivity contribution in [3.8, 4) is 0 Å². The lowest BCUT2D eigenvalue weighted by Crippen LogP contribution is -2.11. The largest absolute Gasteiger partial charge is 0.417 e. The standard InChI is InChI=1S/C9H9F3N2O/c10-9(11,12)6-1-2-7(14-5-6)8(15)3-4-13/h1-2,5H,3-4,13H2. The Kier molecular flexibility index (Phi) is 3.41. The number of hydrogen-bond donors (Lipinski definition) is 1. The van der Waals surface area contributed by atoms with Crippen LogP contribution < -0.4 is 5.73 Å². The molecule has 0 saturated heterocycles. The van der Waals surface area contributed by atoms with E-state index in [1.807, 2.05) is 0 Å². The van der Waals surface area contributed by atoms with Crippen LogP contribution in [0.2, 0.25) is 0 Å². The molecule has 3 nitrogen and oxygen atoms in total. The van der Waals surface area contributed by atoms with Crippen molar-refractivity contribution in [3.05, 3.63) is 29.6 Å². The molecule has 0 aliphatic rings. The van der Waals surface area contributed by atoms with Gasteiger partial charge in [0.25, 0.3) is 0 Å². The molecular weight excluding hydrogens is 209 g/mol. The fourth-order valence-corrected chi connectivity index (χ4v) is 0.986. The van der Waals surface area contributed by atoms with Crippen LogP contribution in [0.25, 0.3) is 0 Å². The van der Waals surface area contributed by atoms with Crippen LogP contribution in [-0.2, 0) is 6.18 Å². The quantitative estimate of drug-likeness (QED) is 0.784. The van der Waals surface area contributed by atoms with E-state index in [0.29, 0.717) is 6.20 Å². The first-order valence-corrected chi connectivity index (χ1v) is 4.21. The Morgan fingerprint density at radius 3 is 2.47 bits per heavy atom. The van der Waals surface area contributed by atoms with Crippen molar-refractivity contribution in [2.75, 3.05) is 6.54 Å². The second-order valence-corrected chi connectivity index (χ2v) is 2.89. The normalized spacial score (nSPS) is 11.5. The number of carbonyl (C=O) groups excluding carboxylic acids is 1. The Morgan fingerprint density at radius 2 is 2.07 bits per heavy atom. The lowest BCUT2D eigenvalue weighted by Gasteiger charge is -2.05. The number of pyridine rings is 1. The number of ketones is 1. The minimum absolute atomic E-state index is 0.00782. The zero-order valence-electron chi connectivity index (χ0n) is 7.71. The van der Waals surface area contributed by atoms with Crippen molar-refractivity contribution >= 4 is 5.78 Å². The Labute approximate surface area is 84.1 Å². The lowest BCUT2D eigenvalue weighted by atomic mass is 10.1. The first-order chi connectivity index (χ1) is 6.95. The summed E-state index contributed by atoms with van der Waals surface area (Å²) in [5, 5.41) is 0. The van der Waals surface area contributed by atoms with Gasteiger partial charge in [-0.05, 0) is 18.7 Å². The van der Waals surface area contributed by atoms with Crippen molar-refractivity contribution < 1.29 is 18.0 Å². The van der Waals surface area contributed by atoms with Gasteiger partial charge in [0.1, 0.15) is 5.69 Å². The van der Waals surface area contributed by atoms with Crippen LogP contribution >= 0.6 is 0 Å². The molecule has 0 saturated carbocycles. The van der Waals surface area contributed by atoms with E-state index in [0.717, 1.165) is 12.1 Å². The maximum Gasteiger partial charge on any atom is 0.417 e. The third-order valence-corrected chi connectivity index (χ3v) is 1.75. The molecule has 0 bridgehead atoms. The van der Waals surface area contributed by atoms with Gasteiger partial charge in [-0.3, -0.25) is 9.78 Å². The second kappa shape index (κ2) is 4.39. The van der Waals surface area contributed by atoms with Crippen LogP contribution in [0.3, 0.4) is 0 Å². The Balaban J connectivity index is 2.86. The molecule has 1 heterocycles. The molecule has 1 aromatic heterocycles. The average molecular weight is 218 g/mol. The van der Waals surface area contributed by atoms with E-state index in [1.54, 1.807) is 0 Å². The van der Waals surface area contributed by atoms with Gasteiger partial charge in [0, 0.05) is 12.6 Å². The van der Waals surface area contributed by atoms with Gasteiger partial charge in [-0.1, -0.05) is 0 Å². The number of halogens is 3. The van der Waals surface area contributed by atoms with Gasteiger partial charge in [0.2, 0.25) is 0 Å². The molecule has 0 radical (unpaired) electrons. The van der Waals surface area contributed by atoms with Crippen LogP contribution in [0.4, 0.5) is 13.2 Å². The lowest BCUT2D eigenvalue weighted by molar-refractivity contribution is -0.137. The van der Waals surface area contributed by atoms with Gasteiger partial charge in [-0.25, -0.2) is 0 Å². The number of Topliss-reactive ketones (excluding diaryl/α,β-unsaturated/α-hetero) is 1. The molecule has 15 heavy (non-hydrogen) atoms. The first kappa shape index (κ1) is 11.6. The van der Waals surface area contributed by atoms with Crippen molar-refractivity contribution in [1.82, 2.24) is 4.98 Å². The summed E-state index contributed by atoms with van der Waals surface area (Å²) in [6.07, 6.45) is -3.70. The number of rotatable bonds is 3. The summed E-state index contributed by atoms with van der Waals surface area (Å²) in [5.74, 6) is -0.355. The Hall–Kier alpha value is -1.43. The van der Waals surface area contributed by atoms with E-state index >= 15 is 0 Å². The molecule has 0 spiro atoms. The van der Waals surface area contributed by atoms with Gasteiger partial charge in [-0.15, -0.1) is 0 Å². The molecule has 0 fully saturated rings. The fourth-order valence-electron chi connectivity index (χ4n) is 0.986. The Bertz CT molecular complexity index is 345. The number of alkyl halides is 3. The van der Waals surface area contributed by atoms with E-state index in [-0.39, 0.29) is 24.4 Å². The Morgan fingerprint density at radius 1 is 1.40 bits per heavy atom. The number of nitrogens with two attached hydrogens (primary N) is 1. The van der Waals surface area contributed by atoms with Gasteiger partial charge in [-0.2, -0.15) is 13.2 Å². The molecule has 1 aromatic rings. The van der Waals surface area contributed by atoms with Gasteiger partial charge in [0.15, 0.2) is 5.78 Å². The van der Waals surface area contributed by atoms with E-state index < -0.39 is 11.7 Å².